The minimum Gasteiger partial charge on any atom is -0.378 e. The van der Waals surface area contributed by atoms with Crippen LogP contribution >= 0.6 is 0 Å². The quantitative estimate of drug-likeness (QED) is 0.573. The summed E-state index contributed by atoms with van der Waals surface area (Å²) in [6, 6.07) is 10.6. The van der Waals surface area contributed by atoms with E-state index in [4.69, 9.17) is 10.7 Å². The number of nitro groups is 1. The maximum absolute atomic E-state index is 11.8. The number of hydrogen-bond acceptors (Lipinski definition) is 7. The number of rotatable bonds is 5. The van der Waals surface area contributed by atoms with Crippen molar-refractivity contribution in [2.45, 2.75) is 39.5 Å². The number of nitrogens with zero attached hydrogens (tertiary/aromatic N) is 5. The van der Waals surface area contributed by atoms with Gasteiger partial charge in [-0.05, 0) is 49.0 Å². The highest BCUT2D eigenvalue weighted by molar-refractivity contribution is 5.71. The molecule has 2 saturated heterocycles. The van der Waals surface area contributed by atoms with Crippen LogP contribution in [0, 0.1) is 27.9 Å². The van der Waals surface area contributed by atoms with Gasteiger partial charge in [0, 0.05) is 26.2 Å². The summed E-state index contributed by atoms with van der Waals surface area (Å²) < 4.78 is 0. The average molecular weight is 425 g/mol. The van der Waals surface area contributed by atoms with E-state index in [1.54, 1.807) is 0 Å². The van der Waals surface area contributed by atoms with Crippen molar-refractivity contribution in [3.05, 3.63) is 46.0 Å². The predicted molar refractivity (Wildman–Crippen MR) is 123 cm³/mol. The van der Waals surface area contributed by atoms with Crippen LogP contribution in [-0.2, 0) is 6.42 Å². The first kappa shape index (κ1) is 21.3. The normalized spacial score (nSPS) is 22.5. The van der Waals surface area contributed by atoms with Crippen molar-refractivity contribution in [2.24, 2.45) is 17.8 Å². The smallest absolute Gasteiger partial charge is 0.353 e. The number of nitrogen functional groups attached to an aromatic ring is 1. The average Bonchev–Trinajstić information content (AvgIpc) is 2.73. The zero-order valence-corrected chi connectivity index (χ0v) is 18.4. The third kappa shape index (κ3) is 4.89. The highest BCUT2D eigenvalue weighted by Crippen LogP contribution is 2.36. The fourth-order valence-electron chi connectivity index (χ4n) is 5.11. The van der Waals surface area contributed by atoms with Gasteiger partial charge in [-0.2, -0.15) is 9.97 Å². The number of benzene rings is 1. The van der Waals surface area contributed by atoms with E-state index in [0.29, 0.717) is 29.5 Å². The minimum absolute atomic E-state index is 0.0395. The van der Waals surface area contributed by atoms with Gasteiger partial charge in [0.1, 0.15) is 0 Å². The van der Waals surface area contributed by atoms with Crippen LogP contribution in [0.25, 0.3) is 0 Å². The molecular formula is C23H32N6O2. The van der Waals surface area contributed by atoms with Gasteiger partial charge in [0.25, 0.3) is 0 Å². The number of hydrogen-bond donors (Lipinski definition) is 1. The molecule has 0 saturated carbocycles. The summed E-state index contributed by atoms with van der Waals surface area (Å²) >= 11 is 0. The summed E-state index contributed by atoms with van der Waals surface area (Å²) in [5.74, 6) is 2.38. The number of piperidine rings is 2. The second-order valence-electron chi connectivity index (χ2n) is 9.31. The Morgan fingerprint density at radius 1 is 1.06 bits per heavy atom. The molecule has 3 heterocycles. The SMILES string of the molecule is C[C@@H]1C[C@H](C)CN(c2nc(N3CCC(Cc4ccccc4)CC3)nc(N)c2[N+](=O)[O-])C1. The number of nitrogens with two attached hydrogens (primary N) is 1. The molecule has 0 unspecified atom stereocenters. The standard InChI is InChI=1S/C23H32N6O2/c1-16-12-17(2)15-28(14-16)22-20(29(30)31)21(24)25-23(26-22)27-10-8-19(9-11-27)13-18-6-4-3-5-7-18/h3-7,16-17,19H,8-15H2,1-2H3,(H2,24,25,26)/t16-,17+. The van der Waals surface area contributed by atoms with Crippen molar-refractivity contribution in [2.75, 3.05) is 41.7 Å². The third-order valence-corrected chi connectivity index (χ3v) is 6.50. The third-order valence-electron chi connectivity index (χ3n) is 6.50. The van der Waals surface area contributed by atoms with Crippen LogP contribution in [0.3, 0.4) is 0 Å². The molecule has 2 fully saturated rings. The topological polar surface area (TPSA) is 101 Å². The molecule has 2 aliphatic heterocycles. The van der Waals surface area contributed by atoms with Crippen LogP contribution in [0.2, 0.25) is 0 Å². The van der Waals surface area contributed by atoms with Crippen molar-refractivity contribution < 1.29 is 4.92 Å². The van der Waals surface area contributed by atoms with E-state index in [9.17, 15) is 10.1 Å². The van der Waals surface area contributed by atoms with Crippen LogP contribution in [0.15, 0.2) is 30.3 Å². The lowest BCUT2D eigenvalue weighted by Gasteiger charge is -2.36. The predicted octanol–water partition coefficient (Wildman–Crippen LogP) is 3.91. The van der Waals surface area contributed by atoms with Gasteiger partial charge in [-0.3, -0.25) is 10.1 Å². The zero-order valence-electron chi connectivity index (χ0n) is 18.4. The lowest BCUT2D eigenvalue weighted by Crippen LogP contribution is -2.40. The van der Waals surface area contributed by atoms with Gasteiger partial charge in [0.05, 0.1) is 4.92 Å². The molecule has 8 heteroatoms. The summed E-state index contributed by atoms with van der Waals surface area (Å²) in [6.07, 6.45) is 4.28. The van der Waals surface area contributed by atoms with Crippen molar-refractivity contribution in [1.82, 2.24) is 9.97 Å². The Morgan fingerprint density at radius 3 is 2.32 bits per heavy atom. The molecule has 2 atom stereocenters. The summed E-state index contributed by atoms with van der Waals surface area (Å²) in [5.41, 5.74) is 7.29. The Labute approximate surface area is 183 Å². The summed E-state index contributed by atoms with van der Waals surface area (Å²) in [6.45, 7) is 7.53. The summed E-state index contributed by atoms with van der Waals surface area (Å²) in [7, 11) is 0. The van der Waals surface area contributed by atoms with Crippen LogP contribution in [-0.4, -0.2) is 41.1 Å². The van der Waals surface area contributed by atoms with E-state index in [1.807, 2.05) is 11.0 Å². The molecular weight excluding hydrogens is 392 g/mol. The molecule has 0 radical (unpaired) electrons. The first-order valence-electron chi connectivity index (χ1n) is 11.3. The van der Waals surface area contributed by atoms with E-state index in [-0.39, 0.29) is 11.5 Å². The van der Waals surface area contributed by atoms with Crippen LogP contribution in [0.5, 0.6) is 0 Å². The lowest BCUT2D eigenvalue weighted by atomic mass is 9.90. The molecule has 0 bridgehead atoms. The Kier molecular flexibility index (Phi) is 6.25. The molecule has 2 N–H and O–H groups in total. The highest BCUT2D eigenvalue weighted by Gasteiger charge is 2.33. The molecule has 2 aromatic rings. The number of aromatic nitrogens is 2. The van der Waals surface area contributed by atoms with Gasteiger partial charge >= 0.3 is 5.69 Å². The molecule has 1 aromatic carbocycles. The maximum atomic E-state index is 11.8. The Bertz CT molecular complexity index is 904. The highest BCUT2D eigenvalue weighted by atomic mass is 16.6. The molecule has 4 rings (SSSR count). The van der Waals surface area contributed by atoms with E-state index in [0.717, 1.165) is 51.9 Å². The van der Waals surface area contributed by atoms with Crippen molar-refractivity contribution >= 4 is 23.3 Å². The van der Waals surface area contributed by atoms with E-state index < -0.39 is 4.92 Å². The monoisotopic (exact) mass is 424 g/mol. The van der Waals surface area contributed by atoms with Gasteiger partial charge < -0.3 is 15.5 Å². The molecule has 0 amide bonds. The van der Waals surface area contributed by atoms with E-state index in [2.05, 4.69) is 48.0 Å². The van der Waals surface area contributed by atoms with Crippen LogP contribution in [0.1, 0.15) is 38.7 Å². The Morgan fingerprint density at radius 2 is 1.71 bits per heavy atom. The molecule has 0 spiro atoms. The molecule has 166 valence electrons. The maximum Gasteiger partial charge on any atom is 0.353 e. The largest absolute Gasteiger partial charge is 0.378 e. The Hall–Kier alpha value is -2.90. The van der Waals surface area contributed by atoms with Crippen LogP contribution < -0.4 is 15.5 Å². The molecule has 1 aromatic heterocycles. The zero-order chi connectivity index (χ0) is 22.0. The summed E-state index contributed by atoms with van der Waals surface area (Å²) in [4.78, 5) is 24.5. The molecule has 2 aliphatic rings. The lowest BCUT2D eigenvalue weighted by molar-refractivity contribution is -0.383. The molecule has 8 nitrogen and oxygen atoms in total. The van der Waals surface area contributed by atoms with Gasteiger partial charge in [0.2, 0.25) is 17.6 Å². The Balaban J connectivity index is 1.52. The summed E-state index contributed by atoms with van der Waals surface area (Å²) in [5, 5.41) is 11.8. The van der Waals surface area contributed by atoms with Crippen LogP contribution in [0.4, 0.5) is 23.3 Å². The van der Waals surface area contributed by atoms with Crippen molar-refractivity contribution in [1.29, 1.82) is 0 Å². The molecule has 0 aliphatic carbocycles. The van der Waals surface area contributed by atoms with Crippen molar-refractivity contribution in [3.63, 3.8) is 0 Å². The minimum atomic E-state index is -0.440. The van der Waals surface area contributed by atoms with Gasteiger partial charge in [0.15, 0.2) is 0 Å². The van der Waals surface area contributed by atoms with Gasteiger partial charge in [-0.1, -0.05) is 44.2 Å². The molecule has 31 heavy (non-hydrogen) atoms. The van der Waals surface area contributed by atoms with Gasteiger partial charge in [-0.25, -0.2) is 0 Å². The second kappa shape index (κ2) is 9.08. The number of anilines is 3. The van der Waals surface area contributed by atoms with E-state index >= 15 is 0 Å². The first-order chi connectivity index (χ1) is 14.9. The van der Waals surface area contributed by atoms with E-state index in [1.165, 1.54) is 5.56 Å². The fraction of sp³-hybridized carbons (Fsp3) is 0.565. The van der Waals surface area contributed by atoms with Gasteiger partial charge in [-0.15, -0.1) is 0 Å². The first-order valence-corrected chi connectivity index (χ1v) is 11.3. The fourth-order valence-corrected chi connectivity index (χ4v) is 5.11. The van der Waals surface area contributed by atoms with Crippen molar-refractivity contribution in [3.8, 4) is 0 Å². The second-order valence-corrected chi connectivity index (χ2v) is 9.31.